The summed E-state index contributed by atoms with van der Waals surface area (Å²) in [5, 5.41) is 5.91. The predicted octanol–water partition coefficient (Wildman–Crippen LogP) is 0.834. The van der Waals surface area contributed by atoms with Crippen molar-refractivity contribution in [2.24, 2.45) is 5.92 Å². The van der Waals surface area contributed by atoms with Crippen molar-refractivity contribution in [1.82, 2.24) is 10.6 Å². The van der Waals surface area contributed by atoms with Crippen LogP contribution in [0.3, 0.4) is 0 Å². The number of amides is 1. The monoisotopic (exact) mass is 256 g/mol. The van der Waals surface area contributed by atoms with Gasteiger partial charge < -0.3 is 15.4 Å². The van der Waals surface area contributed by atoms with Gasteiger partial charge in [0.1, 0.15) is 6.04 Å². The summed E-state index contributed by atoms with van der Waals surface area (Å²) in [6, 6.07) is -0.559. The summed E-state index contributed by atoms with van der Waals surface area (Å²) >= 11 is 0. The number of carbonyl (C=O) groups is 2. The average molecular weight is 256 g/mol. The number of unbranched alkanes of at least 4 members (excludes halogenated alkanes) is 1. The fraction of sp³-hybridized carbons (Fsp3) is 0.846. The van der Waals surface area contributed by atoms with Gasteiger partial charge in [0.15, 0.2) is 0 Å². The Labute approximate surface area is 109 Å². The van der Waals surface area contributed by atoms with E-state index in [1.807, 2.05) is 6.92 Å². The highest BCUT2D eigenvalue weighted by Crippen LogP contribution is 2.10. The maximum absolute atomic E-state index is 11.9. The first kappa shape index (κ1) is 15.0. The molecule has 1 unspecified atom stereocenters. The van der Waals surface area contributed by atoms with Crippen molar-refractivity contribution in [3.05, 3.63) is 0 Å². The predicted molar refractivity (Wildman–Crippen MR) is 69.1 cm³/mol. The van der Waals surface area contributed by atoms with Gasteiger partial charge in [-0.2, -0.15) is 0 Å². The molecule has 0 bridgehead atoms. The van der Waals surface area contributed by atoms with Crippen molar-refractivity contribution in [2.45, 2.75) is 45.6 Å². The molecule has 5 heteroatoms. The first-order chi connectivity index (χ1) is 8.65. The van der Waals surface area contributed by atoms with E-state index in [0.29, 0.717) is 13.2 Å². The number of ether oxygens (including phenoxy) is 1. The first-order valence-corrected chi connectivity index (χ1v) is 6.83. The van der Waals surface area contributed by atoms with Gasteiger partial charge in [-0.25, -0.2) is 4.79 Å². The number of esters is 1. The molecule has 5 nitrogen and oxygen atoms in total. The quantitative estimate of drug-likeness (QED) is 0.546. The van der Waals surface area contributed by atoms with Gasteiger partial charge in [-0.05, 0) is 32.7 Å². The molecule has 2 N–H and O–H groups in total. The summed E-state index contributed by atoms with van der Waals surface area (Å²) in [6.07, 6.45) is 3.74. The van der Waals surface area contributed by atoms with Crippen LogP contribution in [0.25, 0.3) is 0 Å². The Morgan fingerprint density at radius 3 is 2.89 bits per heavy atom. The molecule has 1 aliphatic rings. The Hall–Kier alpha value is -1.10. The van der Waals surface area contributed by atoms with E-state index in [1.54, 1.807) is 6.92 Å². The summed E-state index contributed by atoms with van der Waals surface area (Å²) in [4.78, 5) is 23.5. The lowest BCUT2D eigenvalue weighted by molar-refractivity contribution is -0.148. The molecule has 0 aromatic heterocycles. The van der Waals surface area contributed by atoms with E-state index < -0.39 is 6.04 Å². The van der Waals surface area contributed by atoms with Gasteiger partial charge in [0.05, 0.1) is 12.5 Å². The molecule has 0 aromatic carbocycles. The van der Waals surface area contributed by atoms with Gasteiger partial charge in [0.25, 0.3) is 0 Å². The molecule has 1 rings (SSSR count). The van der Waals surface area contributed by atoms with Crippen molar-refractivity contribution in [2.75, 3.05) is 19.7 Å². The second-order valence-electron chi connectivity index (χ2n) is 4.79. The molecule has 18 heavy (non-hydrogen) atoms. The second-order valence-corrected chi connectivity index (χ2v) is 4.79. The molecule has 1 aliphatic heterocycles. The largest absolute Gasteiger partial charge is 0.464 e. The molecule has 104 valence electrons. The molecule has 0 aromatic rings. The van der Waals surface area contributed by atoms with E-state index in [1.165, 1.54) is 0 Å². The number of carbonyl (C=O) groups excluding carboxylic acids is 2. The highest BCUT2D eigenvalue weighted by molar-refractivity contribution is 5.85. The van der Waals surface area contributed by atoms with Gasteiger partial charge >= 0.3 is 5.97 Å². The van der Waals surface area contributed by atoms with Gasteiger partial charge in [0.2, 0.25) is 5.91 Å². The fourth-order valence-corrected chi connectivity index (χ4v) is 1.91. The van der Waals surface area contributed by atoms with Crippen LogP contribution in [-0.4, -0.2) is 37.6 Å². The Morgan fingerprint density at radius 1 is 1.50 bits per heavy atom. The van der Waals surface area contributed by atoms with Gasteiger partial charge in [-0.15, -0.1) is 0 Å². The number of hydrogen-bond donors (Lipinski definition) is 2. The van der Waals surface area contributed by atoms with Crippen LogP contribution in [-0.2, 0) is 14.3 Å². The third kappa shape index (κ3) is 5.04. The first-order valence-electron chi connectivity index (χ1n) is 6.83. The Kier molecular flexibility index (Phi) is 6.72. The molecule has 2 atom stereocenters. The van der Waals surface area contributed by atoms with E-state index in [0.717, 1.165) is 32.2 Å². The van der Waals surface area contributed by atoms with Gasteiger partial charge in [0, 0.05) is 6.54 Å². The highest BCUT2D eigenvalue weighted by atomic mass is 16.5. The van der Waals surface area contributed by atoms with Gasteiger partial charge in [-0.3, -0.25) is 4.79 Å². The van der Waals surface area contributed by atoms with E-state index in [9.17, 15) is 9.59 Å². The zero-order valence-corrected chi connectivity index (χ0v) is 11.3. The minimum atomic E-state index is -0.559. The minimum absolute atomic E-state index is 0.0235. The summed E-state index contributed by atoms with van der Waals surface area (Å²) in [7, 11) is 0. The van der Waals surface area contributed by atoms with Crippen LogP contribution >= 0.6 is 0 Å². The molecule has 1 fully saturated rings. The van der Waals surface area contributed by atoms with Crippen molar-refractivity contribution in [3.8, 4) is 0 Å². The second kappa shape index (κ2) is 8.08. The van der Waals surface area contributed by atoms with Crippen LogP contribution < -0.4 is 10.6 Å². The van der Waals surface area contributed by atoms with E-state index in [4.69, 9.17) is 4.74 Å². The number of hydrogen-bond acceptors (Lipinski definition) is 4. The zero-order valence-electron chi connectivity index (χ0n) is 11.3. The molecule has 1 saturated heterocycles. The number of piperidine rings is 1. The lowest BCUT2D eigenvalue weighted by Crippen LogP contribution is -2.46. The van der Waals surface area contributed by atoms with E-state index in [-0.39, 0.29) is 17.8 Å². The SMILES string of the molecule is CCCCOC(=O)[C@H](C)NC(=O)C1CCCNC1. The normalized spacial score (nSPS) is 21.1. The van der Waals surface area contributed by atoms with Crippen LogP contribution in [0, 0.1) is 5.92 Å². The molecule has 0 spiro atoms. The van der Waals surface area contributed by atoms with Crippen molar-refractivity contribution in [3.63, 3.8) is 0 Å². The lowest BCUT2D eigenvalue weighted by atomic mass is 9.98. The van der Waals surface area contributed by atoms with E-state index >= 15 is 0 Å². The fourth-order valence-electron chi connectivity index (χ4n) is 1.91. The standard InChI is InChI=1S/C13H24N2O3/c1-3-4-8-18-13(17)10(2)15-12(16)11-6-5-7-14-9-11/h10-11,14H,3-9H2,1-2H3,(H,15,16)/t10-,11?/m0/s1. The molecule has 0 aliphatic carbocycles. The van der Waals surface area contributed by atoms with Crippen molar-refractivity contribution < 1.29 is 14.3 Å². The summed E-state index contributed by atoms with van der Waals surface area (Å²) in [6.45, 7) is 5.81. The zero-order chi connectivity index (χ0) is 13.4. The summed E-state index contributed by atoms with van der Waals surface area (Å²) in [5.74, 6) is -0.424. The number of rotatable bonds is 6. The summed E-state index contributed by atoms with van der Waals surface area (Å²) in [5.41, 5.74) is 0. The topological polar surface area (TPSA) is 67.4 Å². The molecule has 1 heterocycles. The third-order valence-electron chi connectivity index (χ3n) is 3.12. The maximum atomic E-state index is 11.9. The Balaban J connectivity index is 2.27. The van der Waals surface area contributed by atoms with Crippen molar-refractivity contribution in [1.29, 1.82) is 0 Å². The lowest BCUT2D eigenvalue weighted by Gasteiger charge is -2.23. The third-order valence-corrected chi connectivity index (χ3v) is 3.12. The maximum Gasteiger partial charge on any atom is 0.328 e. The highest BCUT2D eigenvalue weighted by Gasteiger charge is 2.24. The van der Waals surface area contributed by atoms with Crippen LogP contribution in [0.2, 0.25) is 0 Å². The molecular formula is C13H24N2O3. The van der Waals surface area contributed by atoms with Crippen LogP contribution in [0.15, 0.2) is 0 Å². The number of nitrogens with one attached hydrogen (secondary N) is 2. The van der Waals surface area contributed by atoms with Crippen LogP contribution in [0.4, 0.5) is 0 Å². The van der Waals surface area contributed by atoms with E-state index in [2.05, 4.69) is 10.6 Å². The Morgan fingerprint density at radius 2 is 2.28 bits per heavy atom. The summed E-state index contributed by atoms with van der Waals surface area (Å²) < 4.78 is 5.06. The molecule has 1 amide bonds. The van der Waals surface area contributed by atoms with Crippen molar-refractivity contribution >= 4 is 11.9 Å². The molecule has 0 saturated carbocycles. The minimum Gasteiger partial charge on any atom is -0.464 e. The average Bonchev–Trinajstić information content (AvgIpc) is 2.39. The van der Waals surface area contributed by atoms with Crippen LogP contribution in [0.5, 0.6) is 0 Å². The van der Waals surface area contributed by atoms with Gasteiger partial charge in [-0.1, -0.05) is 13.3 Å². The van der Waals surface area contributed by atoms with Crippen LogP contribution in [0.1, 0.15) is 39.5 Å². The molecule has 0 radical (unpaired) electrons. The smallest absolute Gasteiger partial charge is 0.328 e. The molecular weight excluding hydrogens is 232 g/mol. The Bertz CT molecular complexity index is 275.